The summed E-state index contributed by atoms with van der Waals surface area (Å²) in [5.41, 5.74) is 13.0. The Morgan fingerprint density at radius 2 is 1.00 bits per heavy atom. The number of rotatable bonds is 7. The van der Waals surface area contributed by atoms with Gasteiger partial charge in [0.05, 0.1) is 5.69 Å². The third kappa shape index (κ3) is 5.72. The molecule has 0 unspecified atom stereocenters. The molecule has 1 nitrogen and oxygen atoms in total. The van der Waals surface area contributed by atoms with Gasteiger partial charge in [-0.1, -0.05) is 133 Å². The van der Waals surface area contributed by atoms with Crippen LogP contribution in [-0.4, -0.2) is 0 Å². The molecule has 9 aromatic rings. The van der Waals surface area contributed by atoms with E-state index < -0.39 is 0 Å². The molecule has 13 rings (SSSR count). The topological polar surface area (TPSA) is 3.24 Å². The SMILES string of the molecule is c1ccc(-c2ccc(-c3ccc4sc5cccc(N(c6ccc(-c7cccc8ccccc78)cc6)c6ccc(C78CC9CC(CC(C9)C7)C8)cc6)c5c4c3)cc2)cc1. The molecule has 4 aliphatic rings. The van der Waals surface area contributed by atoms with Crippen LogP contribution < -0.4 is 4.90 Å². The van der Waals surface area contributed by atoms with E-state index in [1.165, 1.54) is 120 Å². The molecule has 0 radical (unpaired) electrons. The molecule has 280 valence electrons. The van der Waals surface area contributed by atoms with E-state index in [9.17, 15) is 0 Å². The van der Waals surface area contributed by atoms with Crippen molar-refractivity contribution in [2.75, 3.05) is 4.90 Å². The Morgan fingerprint density at radius 1 is 0.431 bits per heavy atom. The molecule has 0 atom stereocenters. The highest BCUT2D eigenvalue weighted by molar-refractivity contribution is 7.26. The summed E-state index contributed by atoms with van der Waals surface area (Å²) >= 11 is 1.90. The second kappa shape index (κ2) is 13.6. The van der Waals surface area contributed by atoms with Crippen molar-refractivity contribution < 1.29 is 0 Å². The van der Waals surface area contributed by atoms with Crippen molar-refractivity contribution >= 4 is 59.3 Å². The van der Waals surface area contributed by atoms with Gasteiger partial charge >= 0.3 is 0 Å². The van der Waals surface area contributed by atoms with E-state index in [2.05, 4.69) is 187 Å². The zero-order chi connectivity index (χ0) is 38.2. The minimum Gasteiger partial charge on any atom is -0.310 e. The zero-order valence-corrected chi connectivity index (χ0v) is 33.5. The van der Waals surface area contributed by atoms with Crippen LogP contribution in [0.15, 0.2) is 182 Å². The van der Waals surface area contributed by atoms with Gasteiger partial charge in [0.2, 0.25) is 0 Å². The van der Waals surface area contributed by atoms with Gasteiger partial charge in [-0.15, -0.1) is 11.3 Å². The van der Waals surface area contributed by atoms with Crippen LogP contribution in [0.1, 0.15) is 44.1 Å². The second-order valence-corrected chi connectivity index (χ2v) is 18.6. The van der Waals surface area contributed by atoms with E-state index in [4.69, 9.17) is 0 Å². The first-order valence-electron chi connectivity index (χ1n) is 21.2. The summed E-state index contributed by atoms with van der Waals surface area (Å²) in [5, 5.41) is 5.18. The summed E-state index contributed by atoms with van der Waals surface area (Å²) in [6.07, 6.45) is 8.57. The number of thiophene rings is 1. The van der Waals surface area contributed by atoms with Crippen molar-refractivity contribution in [3.8, 4) is 33.4 Å². The predicted molar refractivity (Wildman–Crippen MR) is 248 cm³/mol. The van der Waals surface area contributed by atoms with Crippen LogP contribution in [0.25, 0.3) is 64.3 Å². The summed E-state index contributed by atoms with van der Waals surface area (Å²) in [5.74, 6) is 2.79. The quantitative estimate of drug-likeness (QED) is 0.156. The fourth-order valence-corrected chi connectivity index (χ4v) is 12.9. The van der Waals surface area contributed by atoms with Crippen molar-refractivity contribution in [2.45, 2.75) is 43.9 Å². The Balaban J connectivity index is 0.982. The van der Waals surface area contributed by atoms with Crippen molar-refractivity contribution in [1.29, 1.82) is 0 Å². The molecule has 8 aromatic carbocycles. The second-order valence-electron chi connectivity index (χ2n) is 17.6. The van der Waals surface area contributed by atoms with E-state index in [1.807, 2.05) is 11.3 Å². The van der Waals surface area contributed by atoms with Crippen molar-refractivity contribution in [1.82, 2.24) is 0 Å². The molecule has 1 aromatic heterocycles. The third-order valence-corrected chi connectivity index (χ3v) is 15.2. The van der Waals surface area contributed by atoms with Crippen LogP contribution in [-0.2, 0) is 5.41 Å². The Kier molecular flexibility index (Phi) is 7.98. The molecule has 0 spiro atoms. The molecule has 4 bridgehead atoms. The van der Waals surface area contributed by atoms with Gasteiger partial charge in [-0.05, 0) is 160 Å². The molecule has 1 heterocycles. The first kappa shape index (κ1) is 34.1. The smallest absolute Gasteiger partial charge is 0.0554 e. The first-order chi connectivity index (χ1) is 28.6. The average molecular weight is 764 g/mol. The fourth-order valence-electron chi connectivity index (χ4n) is 11.8. The molecule has 4 saturated carbocycles. The number of anilines is 3. The summed E-state index contributed by atoms with van der Waals surface area (Å²) in [6, 6.07) is 68.1. The molecular formula is C56H45NS. The summed E-state index contributed by atoms with van der Waals surface area (Å²) in [7, 11) is 0. The largest absolute Gasteiger partial charge is 0.310 e. The monoisotopic (exact) mass is 763 g/mol. The van der Waals surface area contributed by atoms with Gasteiger partial charge in [-0.3, -0.25) is 0 Å². The van der Waals surface area contributed by atoms with Crippen LogP contribution in [0, 0.1) is 17.8 Å². The normalized spacial score (nSPS) is 20.9. The summed E-state index contributed by atoms with van der Waals surface area (Å²) < 4.78 is 2.63. The van der Waals surface area contributed by atoms with Crippen LogP contribution in [0.4, 0.5) is 17.1 Å². The van der Waals surface area contributed by atoms with Gasteiger partial charge in [0.25, 0.3) is 0 Å². The van der Waals surface area contributed by atoms with Gasteiger partial charge in [0, 0.05) is 31.5 Å². The van der Waals surface area contributed by atoms with Crippen molar-refractivity contribution in [3.05, 3.63) is 188 Å². The van der Waals surface area contributed by atoms with Gasteiger partial charge in [-0.25, -0.2) is 0 Å². The highest BCUT2D eigenvalue weighted by Gasteiger charge is 2.51. The molecular weight excluding hydrogens is 719 g/mol. The van der Waals surface area contributed by atoms with Gasteiger partial charge in [0.1, 0.15) is 0 Å². The number of nitrogens with zero attached hydrogens (tertiary/aromatic N) is 1. The molecule has 0 saturated heterocycles. The molecule has 4 aliphatic carbocycles. The lowest BCUT2D eigenvalue weighted by Crippen LogP contribution is -2.48. The van der Waals surface area contributed by atoms with E-state index in [1.54, 1.807) is 5.56 Å². The van der Waals surface area contributed by atoms with Gasteiger partial charge in [-0.2, -0.15) is 0 Å². The van der Waals surface area contributed by atoms with Crippen molar-refractivity contribution in [2.24, 2.45) is 17.8 Å². The lowest BCUT2D eigenvalue weighted by Gasteiger charge is -2.57. The molecule has 58 heavy (non-hydrogen) atoms. The molecule has 0 N–H and O–H groups in total. The Labute approximate surface area is 345 Å². The standard InChI is InChI=1S/C56H45NS/c1-2-8-40(9-3-1)41-16-18-42(19-17-41)45-22-29-53-51(33-45)55-52(14-7-15-54(55)58-53)57(47-25-20-44(21-26-47)50-13-6-11-43-10-4-5-12-49(43)50)48-27-23-46(24-28-48)56-34-37-30-38(35-56)32-39(31-37)36-56/h1-29,33,37-39H,30-32,34-36H2. The van der Waals surface area contributed by atoms with Crippen LogP contribution >= 0.6 is 11.3 Å². The van der Waals surface area contributed by atoms with E-state index in [0.29, 0.717) is 5.41 Å². The first-order valence-corrected chi connectivity index (χ1v) is 22.1. The number of hydrogen-bond donors (Lipinski definition) is 0. The Morgan fingerprint density at radius 3 is 1.72 bits per heavy atom. The predicted octanol–water partition coefficient (Wildman–Crippen LogP) is 16.1. The summed E-state index contributed by atoms with van der Waals surface area (Å²) in [4.78, 5) is 2.52. The van der Waals surface area contributed by atoms with Gasteiger partial charge < -0.3 is 4.90 Å². The highest BCUT2D eigenvalue weighted by atomic mass is 32.1. The average Bonchev–Trinajstić information content (AvgIpc) is 3.65. The minimum atomic E-state index is 0.373. The number of fused-ring (bicyclic) bond motifs is 4. The molecule has 4 fully saturated rings. The molecule has 0 amide bonds. The molecule has 0 aliphatic heterocycles. The number of benzene rings is 8. The minimum absolute atomic E-state index is 0.373. The Bertz CT molecular complexity index is 2920. The Hall–Kier alpha value is -5.96. The van der Waals surface area contributed by atoms with E-state index in [0.717, 1.165) is 17.8 Å². The van der Waals surface area contributed by atoms with Crippen LogP contribution in [0.2, 0.25) is 0 Å². The zero-order valence-electron chi connectivity index (χ0n) is 32.7. The summed E-state index contributed by atoms with van der Waals surface area (Å²) in [6.45, 7) is 0. The fraction of sp³-hybridized carbons (Fsp3) is 0.179. The number of hydrogen-bond acceptors (Lipinski definition) is 2. The van der Waals surface area contributed by atoms with E-state index >= 15 is 0 Å². The maximum atomic E-state index is 2.52. The third-order valence-electron chi connectivity index (χ3n) is 14.0. The van der Waals surface area contributed by atoms with Crippen LogP contribution in [0.5, 0.6) is 0 Å². The van der Waals surface area contributed by atoms with Gasteiger partial charge in [0.15, 0.2) is 0 Å². The lowest BCUT2D eigenvalue weighted by molar-refractivity contribution is -0.00518. The van der Waals surface area contributed by atoms with Crippen LogP contribution in [0.3, 0.4) is 0 Å². The lowest BCUT2D eigenvalue weighted by atomic mass is 9.48. The van der Waals surface area contributed by atoms with Crippen molar-refractivity contribution in [3.63, 3.8) is 0 Å². The maximum Gasteiger partial charge on any atom is 0.0554 e. The highest BCUT2D eigenvalue weighted by Crippen LogP contribution is 2.61. The maximum absolute atomic E-state index is 2.52. The van der Waals surface area contributed by atoms with E-state index in [-0.39, 0.29) is 0 Å². The molecule has 2 heteroatoms.